The van der Waals surface area contributed by atoms with E-state index in [0.717, 1.165) is 5.57 Å². The second-order valence-electron chi connectivity index (χ2n) is 2.76. The van der Waals surface area contributed by atoms with Crippen LogP contribution < -0.4 is 0 Å². The van der Waals surface area contributed by atoms with Crippen LogP contribution in [0.25, 0.3) is 0 Å². The van der Waals surface area contributed by atoms with E-state index in [9.17, 15) is 5.11 Å². The van der Waals surface area contributed by atoms with Crippen LogP contribution in [0.15, 0.2) is 23.8 Å². The normalized spacial score (nSPS) is 39.6. The molecule has 0 saturated heterocycles. The smallest absolute Gasteiger partial charge is 0.0950 e. The van der Waals surface area contributed by atoms with Crippen LogP contribution in [0.5, 0.6) is 0 Å². The maximum atomic E-state index is 9.35. The number of rotatable bonds is 0. The minimum Gasteiger partial charge on any atom is -0.387 e. The molecular formula is C8H11ClO. The molecule has 1 nitrogen and oxygen atoms in total. The van der Waals surface area contributed by atoms with Crippen molar-refractivity contribution in [3.63, 3.8) is 0 Å². The number of alkyl halides is 1. The Morgan fingerprint density at radius 3 is 2.70 bits per heavy atom. The molecule has 0 heterocycles. The molecule has 10 heavy (non-hydrogen) atoms. The van der Waals surface area contributed by atoms with Crippen LogP contribution in [0.1, 0.15) is 13.8 Å². The van der Waals surface area contributed by atoms with Crippen LogP contribution >= 0.6 is 11.6 Å². The van der Waals surface area contributed by atoms with Gasteiger partial charge in [0.2, 0.25) is 0 Å². The van der Waals surface area contributed by atoms with Gasteiger partial charge in [0.15, 0.2) is 0 Å². The quantitative estimate of drug-likeness (QED) is 0.534. The van der Waals surface area contributed by atoms with Gasteiger partial charge < -0.3 is 5.11 Å². The number of aliphatic hydroxyl groups is 1. The van der Waals surface area contributed by atoms with Crippen LogP contribution in [0.4, 0.5) is 0 Å². The van der Waals surface area contributed by atoms with Crippen molar-refractivity contribution in [2.45, 2.75) is 24.8 Å². The van der Waals surface area contributed by atoms with Gasteiger partial charge in [0.1, 0.15) is 0 Å². The summed E-state index contributed by atoms with van der Waals surface area (Å²) in [6.07, 6.45) is 4.88. The van der Waals surface area contributed by atoms with E-state index in [1.165, 1.54) is 0 Å². The maximum absolute atomic E-state index is 9.35. The van der Waals surface area contributed by atoms with Gasteiger partial charge in [-0.05, 0) is 19.4 Å². The average Bonchev–Trinajstić information content (AvgIpc) is 1.84. The second kappa shape index (κ2) is 2.40. The topological polar surface area (TPSA) is 20.2 Å². The molecule has 1 rings (SSSR count). The van der Waals surface area contributed by atoms with E-state index in [4.69, 9.17) is 11.6 Å². The first kappa shape index (κ1) is 7.83. The highest BCUT2D eigenvalue weighted by Crippen LogP contribution is 2.31. The van der Waals surface area contributed by atoms with E-state index in [1.807, 2.05) is 26.0 Å². The van der Waals surface area contributed by atoms with E-state index >= 15 is 0 Å². The molecule has 2 unspecified atom stereocenters. The second-order valence-corrected chi connectivity index (χ2v) is 3.54. The minimum absolute atomic E-state index is 0.556. The number of hydrogen-bond acceptors (Lipinski definition) is 1. The SMILES string of the molecule is CC1=CC=CC(O)C1(C)Cl. The highest BCUT2D eigenvalue weighted by molar-refractivity contribution is 6.26. The summed E-state index contributed by atoms with van der Waals surface area (Å²) in [5, 5.41) is 9.35. The lowest BCUT2D eigenvalue weighted by Crippen LogP contribution is -2.34. The van der Waals surface area contributed by atoms with Gasteiger partial charge in [-0.25, -0.2) is 0 Å². The van der Waals surface area contributed by atoms with Crippen LogP contribution in [0, 0.1) is 0 Å². The third-order valence-electron chi connectivity index (χ3n) is 1.97. The fourth-order valence-corrected chi connectivity index (χ4v) is 1.02. The summed E-state index contributed by atoms with van der Waals surface area (Å²) in [6, 6.07) is 0. The van der Waals surface area contributed by atoms with Crippen molar-refractivity contribution in [2.24, 2.45) is 0 Å². The molecule has 0 aliphatic heterocycles. The number of halogens is 1. The number of hydrogen-bond donors (Lipinski definition) is 1. The number of aliphatic hydroxyl groups excluding tert-OH is 1. The van der Waals surface area contributed by atoms with Gasteiger partial charge in [0, 0.05) is 0 Å². The predicted octanol–water partition coefficient (Wildman–Crippen LogP) is 1.86. The first-order valence-electron chi connectivity index (χ1n) is 3.27. The standard InChI is InChI=1S/C8H11ClO/c1-6-4-3-5-7(10)8(6,2)9/h3-5,7,10H,1-2H3. The molecule has 2 heteroatoms. The highest BCUT2D eigenvalue weighted by atomic mass is 35.5. The Bertz CT molecular complexity index is 191. The molecule has 0 saturated carbocycles. The van der Waals surface area contributed by atoms with Crippen molar-refractivity contribution in [1.82, 2.24) is 0 Å². The summed E-state index contributed by atoms with van der Waals surface area (Å²) >= 11 is 6.00. The molecule has 0 spiro atoms. The fourth-order valence-electron chi connectivity index (χ4n) is 0.882. The van der Waals surface area contributed by atoms with Gasteiger partial charge in [-0.1, -0.05) is 18.2 Å². The van der Waals surface area contributed by atoms with E-state index in [-0.39, 0.29) is 0 Å². The summed E-state index contributed by atoms with van der Waals surface area (Å²) in [5.41, 5.74) is 1.00. The Balaban J connectivity index is 2.93. The Hall–Kier alpha value is -0.270. The molecule has 0 aromatic heterocycles. The highest BCUT2D eigenvalue weighted by Gasteiger charge is 2.31. The predicted molar refractivity (Wildman–Crippen MR) is 43.2 cm³/mol. The van der Waals surface area contributed by atoms with Crippen molar-refractivity contribution in [2.75, 3.05) is 0 Å². The van der Waals surface area contributed by atoms with Crippen molar-refractivity contribution < 1.29 is 5.11 Å². The molecule has 0 aromatic carbocycles. The molecule has 1 aliphatic rings. The van der Waals surface area contributed by atoms with E-state index in [0.29, 0.717) is 0 Å². The third kappa shape index (κ3) is 1.11. The van der Waals surface area contributed by atoms with Crippen LogP contribution in [0.2, 0.25) is 0 Å². The van der Waals surface area contributed by atoms with Gasteiger partial charge in [-0.15, -0.1) is 11.6 Å². The summed E-state index contributed by atoms with van der Waals surface area (Å²) in [7, 11) is 0. The van der Waals surface area contributed by atoms with Gasteiger partial charge in [0.05, 0.1) is 11.0 Å². The Labute approximate surface area is 66.0 Å². The van der Waals surface area contributed by atoms with Gasteiger partial charge in [-0.2, -0.15) is 0 Å². The van der Waals surface area contributed by atoms with E-state index in [2.05, 4.69) is 0 Å². The first-order chi connectivity index (χ1) is 4.55. The first-order valence-corrected chi connectivity index (χ1v) is 3.65. The molecule has 2 atom stereocenters. The molecule has 0 radical (unpaired) electrons. The maximum Gasteiger partial charge on any atom is 0.0950 e. The zero-order valence-electron chi connectivity index (χ0n) is 6.13. The van der Waals surface area contributed by atoms with Crippen LogP contribution in [0.3, 0.4) is 0 Å². The number of allylic oxidation sites excluding steroid dienone is 2. The molecule has 56 valence electrons. The molecule has 1 aliphatic carbocycles. The Kier molecular flexibility index (Phi) is 1.88. The zero-order valence-corrected chi connectivity index (χ0v) is 6.89. The summed E-state index contributed by atoms with van der Waals surface area (Å²) in [6.45, 7) is 3.73. The van der Waals surface area contributed by atoms with Crippen LogP contribution in [-0.4, -0.2) is 16.1 Å². The van der Waals surface area contributed by atoms with Gasteiger partial charge >= 0.3 is 0 Å². The summed E-state index contributed by atoms with van der Waals surface area (Å²) in [4.78, 5) is -0.602. The Morgan fingerprint density at radius 2 is 2.30 bits per heavy atom. The molecule has 0 amide bonds. The van der Waals surface area contributed by atoms with Crippen molar-refractivity contribution in [3.05, 3.63) is 23.8 Å². The lowest BCUT2D eigenvalue weighted by Gasteiger charge is -2.29. The molecule has 0 fully saturated rings. The molecular weight excluding hydrogens is 148 g/mol. The lowest BCUT2D eigenvalue weighted by atomic mass is 9.91. The van der Waals surface area contributed by atoms with E-state index < -0.39 is 11.0 Å². The molecule has 0 bridgehead atoms. The van der Waals surface area contributed by atoms with Gasteiger partial charge in [-0.3, -0.25) is 0 Å². The van der Waals surface area contributed by atoms with Crippen LogP contribution in [-0.2, 0) is 0 Å². The average molecular weight is 159 g/mol. The van der Waals surface area contributed by atoms with Gasteiger partial charge in [0.25, 0.3) is 0 Å². The Morgan fingerprint density at radius 1 is 1.70 bits per heavy atom. The third-order valence-corrected chi connectivity index (χ3v) is 2.49. The lowest BCUT2D eigenvalue weighted by molar-refractivity contribution is 0.191. The molecule has 1 N–H and O–H groups in total. The zero-order chi connectivity index (χ0) is 7.78. The summed E-state index contributed by atoms with van der Waals surface area (Å²) in [5.74, 6) is 0. The summed E-state index contributed by atoms with van der Waals surface area (Å²) < 4.78 is 0. The minimum atomic E-state index is -0.602. The fraction of sp³-hybridized carbons (Fsp3) is 0.500. The van der Waals surface area contributed by atoms with Crippen molar-refractivity contribution >= 4 is 11.6 Å². The van der Waals surface area contributed by atoms with Crippen molar-refractivity contribution in [3.8, 4) is 0 Å². The molecule has 0 aromatic rings. The largest absolute Gasteiger partial charge is 0.387 e. The van der Waals surface area contributed by atoms with Crippen molar-refractivity contribution in [1.29, 1.82) is 0 Å². The van der Waals surface area contributed by atoms with E-state index in [1.54, 1.807) is 6.08 Å². The monoisotopic (exact) mass is 158 g/mol.